The highest BCUT2D eigenvalue weighted by Gasteiger charge is 2.40. The van der Waals surface area contributed by atoms with Crippen LogP contribution in [0.2, 0.25) is 0 Å². The molecule has 1 aliphatic rings. The number of likely N-dealkylation sites (N-methyl/N-ethyl adjacent to an activating group) is 2. The van der Waals surface area contributed by atoms with E-state index in [9.17, 15) is 0 Å². The average molecular weight is 156 g/mol. The quantitative estimate of drug-likeness (QED) is 0.655. The van der Waals surface area contributed by atoms with Crippen LogP contribution < -0.4 is 5.32 Å². The molecular weight excluding hydrogens is 136 g/mol. The number of hydrogen-bond donors (Lipinski definition) is 1. The lowest BCUT2D eigenvalue weighted by Crippen LogP contribution is -2.63. The highest BCUT2D eigenvalue weighted by molar-refractivity contribution is 4.99. The summed E-state index contributed by atoms with van der Waals surface area (Å²) in [5.74, 6) is 0. The molecule has 0 radical (unpaired) electrons. The third-order valence-corrected chi connectivity index (χ3v) is 3.06. The molecule has 0 spiro atoms. The maximum atomic E-state index is 3.28. The summed E-state index contributed by atoms with van der Waals surface area (Å²) in [5, 5.41) is 3.28. The molecule has 1 atom stereocenters. The molecule has 66 valence electrons. The zero-order valence-electron chi connectivity index (χ0n) is 7.98. The summed E-state index contributed by atoms with van der Waals surface area (Å²) in [5.41, 5.74) is 0.503. The van der Waals surface area contributed by atoms with E-state index in [-0.39, 0.29) is 0 Å². The largest absolute Gasteiger partial charge is 0.318 e. The highest BCUT2D eigenvalue weighted by Crippen LogP contribution is 2.32. The minimum absolute atomic E-state index is 0.503. The van der Waals surface area contributed by atoms with Gasteiger partial charge in [0.15, 0.2) is 0 Å². The van der Waals surface area contributed by atoms with Crippen LogP contribution in [0.5, 0.6) is 0 Å². The number of nitrogens with one attached hydrogen (secondary N) is 1. The van der Waals surface area contributed by atoms with Gasteiger partial charge in [-0.05, 0) is 26.4 Å². The molecule has 0 aromatic carbocycles. The molecule has 2 heteroatoms. The minimum atomic E-state index is 0.503. The van der Waals surface area contributed by atoms with Crippen molar-refractivity contribution < 1.29 is 0 Å². The Bertz CT molecular complexity index is 119. The van der Waals surface area contributed by atoms with E-state index in [1.807, 2.05) is 7.05 Å². The van der Waals surface area contributed by atoms with Crippen molar-refractivity contribution in [2.24, 2.45) is 0 Å². The van der Waals surface area contributed by atoms with E-state index >= 15 is 0 Å². The normalized spacial score (nSPS) is 31.9. The molecule has 1 rings (SSSR count). The zero-order chi connectivity index (χ0) is 8.32. The Morgan fingerprint density at radius 2 is 2.18 bits per heavy atom. The predicted molar refractivity (Wildman–Crippen MR) is 48.8 cm³/mol. The Hall–Kier alpha value is -0.0800. The van der Waals surface area contributed by atoms with Gasteiger partial charge in [0.2, 0.25) is 0 Å². The van der Waals surface area contributed by atoms with Crippen LogP contribution in [-0.4, -0.2) is 37.1 Å². The molecule has 0 aliphatic carbocycles. The van der Waals surface area contributed by atoms with Crippen molar-refractivity contribution in [3.05, 3.63) is 0 Å². The van der Waals surface area contributed by atoms with Gasteiger partial charge in [0.05, 0.1) is 0 Å². The van der Waals surface area contributed by atoms with Crippen LogP contribution in [0, 0.1) is 0 Å². The smallest absolute Gasteiger partial charge is 0.0343 e. The average Bonchev–Trinajstić information content (AvgIpc) is 1.99. The van der Waals surface area contributed by atoms with Gasteiger partial charge in [-0.3, -0.25) is 4.90 Å². The fourth-order valence-corrected chi connectivity index (χ4v) is 2.13. The van der Waals surface area contributed by atoms with E-state index in [2.05, 4.69) is 24.1 Å². The molecule has 0 bridgehead atoms. The molecule has 2 nitrogen and oxygen atoms in total. The number of likely N-dealkylation sites (tertiary alicyclic amines) is 1. The first kappa shape index (κ1) is 9.01. The fraction of sp³-hybridized carbons (Fsp3) is 1.00. The fourth-order valence-electron chi connectivity index (χ4n) is 2.13. The SMILES string of the molecule is CCN1CCC1(CC)CNC. The molecule has 0 aromatic rings. The van der Waals surface area contributed by atoms with Gasteiger partial charge in [-0.2, -0.15) is 0 Å². The third kappa shape index (κ3) is 1.42. The molecular formula is C9H20N2. The number of rotatable bonds is 4. The van der Waals surface area contributed by atoms with Crippen molar-refractivity contribution >= 4 is 0 Å². The van der Waals surface area contributed by atoms with E-state index in [1.54, 1.807) is 0 Å². The van der Waals surface area contributed by atoms with E-state index in [1.165, 1.54) is 25.9 Å². The monoisotopic (exact) mass is 156 g/mol. The molecule has 11 heavy (non-hydrogen) atoms. The molecule has 1 fully saturated rings. The van der Waals surface area contributed by atoms with Gasteiger partial charge >= 0.3 is 0 Å². The van der Waals surface area contributed by atoms with Crippen LogP contribution in [0.15, 0.2) is 0 Å². The van der Waals surface area contributed by atoms with Gasteiger partial charge in [-0.25, -0.2) is 0 Å². The van der Waals surface area contributed by atoms with E-state index in [0.717, 1.165) is 6.54 Å². The molecule has 1 N–H and O–H groups in total. The number of nitrogens with zero attached hydrogens (tertiary/aromatic N) is 1. The van der Waals surface area contributed by atoms with Crippen LogP contribution in [-0.2, 0) is 0 Å². The van der Waals surface area contributed by atoms with Gasteiger partial charge < -0.3 is 5.32 Å². The molecule has 1 heterocycles. The number of hydrogen-bond acceptors (Lipinski definition) is 2. The predicted octanol–water partition coefficient (Wildman–Crippen LogP) is 1.08. The lowest BCUT2D eigenvalue weighted by molar-refractivity contribution is -0.0107. The van der Waals surface area contributed by atoms with Gasteiger partial charge in [-0.15, -0.1) is 0 Å². The first-order valence-corrected chi connectivity index (χ1v) is 4.68. The lowest BCUT2D eigenvalue weighted by atomic mass is 9.82. The molecule has 0 aromatic heterocycles. The van der Waals surface area contributed by atoms with Crippen LogP contribution in [0.4, 0.5) is 0 Å². The summed E-state index contributed by atoms with van der Waals surface area (Å²) >= 11 is 0. The van der Waals surface area contributed by atoms with Crippen LogP contribution in [0.1, 0.15) is 26.7 Å². The lowest BCUT2D eigenvalue weighted by Gasteiger charge is -2.52. The van der Waals surface area contributed by atoms with Crippen molar-refractivity contribution in [3.63, 3.8) is 0 Å². The van der Waals surface area contributed by atoms with Crippen molar-refractivity contribution in [1.82, 2.24) is 10.2 Å². The standard InChI is InChI=1S/C9H20N2/c1-4-9(8-10-3)6-7-11(9)5-2/h10H,4-8H2,1-3H3. The highest BCUT2D eigenvalue weighted by atomic mass is 15.3. The maximum absolute atomic E-state index is 3.28. The van der Waals surface area contributed by atoms with Gasteiger partial charge in [-0.1, -0.05) is 13.8 Å². The zero-order valence-corrected chi connectivity index (χ0v) is 7.98. The van der Waals surface area contributed by atoms with Crippen molar-refractivity contribution in [2.75, 3.05) is 26.7 Å². The summed E-state index contributed by atoms with van der Waals surface area (Å²) in [6.07, 6.45) is 2.65. The summed E-state index contributed by atoms with van der Waals surface area (Å²) < 4.78 is 0. The Morgan fingerprint density at radius 1 is 1.45 bits per heavy atom. The third-order valence-electron chi connectivity index (χ3n) is 3.06. The van der Waals surface area contributed by atoms with Crippen molar-refractivity contribution in [3.8, 4) is 0 Å². The minimum Gasteiger partial charge on any atom is -0.318 e. The van der Waals surface area contributed by atoms with E-state index in [4.69, 9.17) is 0 Å². The topological polar surface area (TPSA) is 15.3 Å². The molecule has 0 amide bonds. The summed E-state index contributed by atoms with van der Waals surface area (Å²) in [4.78, 5) is 2.57. The van der Waals surface area contributed by atoms with Crippen molar-refractivity contribution in [1.29, 1.82) is 0 Å². The Labute approximate surface area is 70.0 Å². The Morgan fingerprint density at radius 3 is 2.45 bits per heavy atom. The summed E-state index contributed by atoms with van der Waals surface area (Å²) in [6.45, 7) is 8.19. The van der Waals surface area contributed by atoms with Crippen molar-refractivity contribution in [2.45, 2.75) is 32.2 Å². The van der Waals surface area contributed by atoms with E-state index in [0.29, 0.717) is 5.54 Å². The van der Waals surface area contributed by atoms with Crippen LogP contribution >= 0.6 is 0 Å². The second-order valence-corrected chi connectivity index (χ2v) is 3.44. The Balaban J connectivity index is 2.46. The van der Waals surface area contributed by atoms with Gasteiger partial charge in [0.25, 0.3) is 0 Å². The first-order chi connectivity index (χ1) is 5.29. The Kier molecular flexibility index (Phi) is 2.90. The summed E-state index contributed by atoms with van der Waals surface area (Å²) in [6, 6.07) is 0. The maximum Gasteiger partial charge on any atom is 0.0343 e. The molecule has 1 saturated heterocycles. The second kappa shape index (κ2) is 3.55. The first-order valence-electron chi connectivity index (χ1n) is 4.68. The van der Waals surface area contributed by atoms with Gasteiger partial charge in [0.1, 0.15) is 0 Å². The van der Waals surface area contributed by atoms with E-state index < -0.39 is 0 Å². The van der Waals surface area contributed by atoms with Gasteiger partial charge in [0, 0.05) is 18.6 Å². The van der Waals surface area contributed by atoms with Crippen LogP contribution in [0.3, 0.4) is 0 Å². The molecule has 1 unspecified atom stereocenters. The summed E-state index contributed by atoms with van der Waals surface area (Å²) in [7, 11) is 2.05. The molecule has 1 aliphatic heterocycles. The molecule has 0 saturated carbocycles. The van der Waals surface area contributed by atoms with Crippen LogP contribution in [0.25, 0.3) is 0 Å². The second-order valence-electron chi connectivity index (χ2n) is 3.44.